The molecule has 2 N–H and O–H groups in total. The largest absolute Gasteiger partial charge is 0.322 e. The van der Waals surface area contributed by atoms with Crippen molar-refractivity contribution < 1.29 is 8.42 Å². The van der Waals surface area contributed by atoms with Crippen molar-refractivity contribution >= 4 is 21.5 Å². The maximum atomic E-state index is 12.8. The molecule has 1 aromatic carbocycles. The third-order valence-corrected chi connectivity index (χ3v) is 8.39. The van der Waals surface area contributed by atoms with Crippen LogP contribution in [-0.4, -0.2) is 52.9 Å². The van der Waals surface area contributed by atoms with Crippen LogP contribution in [0.2, 0.25) is 0 Å². The Balaban J connectivity index is 1.40. The van der Waals surface area contributed by atoms with Gasteiger partial charge in [-0.2, -0.15) is 4.98 Å². The van der Waals surface area contributed by atoms with E-state index in [0.29, 0.717) is 25.1 Å². The van der Waals surface area contributed by atoms with Crippen molar-refractivity contribution in [3.8, 4) is 0 Å². The number of benzene rings is 1. The predicted molar refractivity (Wildman–Crippen MR) is 108 cm³/mol. The molecule has 1 aromatic heterocycles. The lowest BCUT2D eigenvalue weighted by Crippen LogP contribution is -2.57. The van der Waals surface area contributed by atoms with Gasteiger partial charge in [0, 0.05) is 24.8 Å². The van der Waals surface area contributed by atoms with Gasteiger partial charge >= 0.3 is 0 Å². The standard InChI is InChI=1S/C20H27N5O2S/c1-12(2)25-10-15(11-25)28(26,27)20-22-19(23-24-20)21-18-16-7-3-5-13(16)9-14-6-4-8-17(14)18/h9,12,15H,3-8,10-11H2,1-2H3,(H2,21,22,23,24). The molecule has 1 saturated heterocycles. The first-order valence-electron chi connectivity index (χ1n) is 10.3. The van der Waals surface area contributed by atoms with Gasteiger partial charge in [-0.1, -0.05) is 6.07 Å². The number of H-pyrrole nitrogens is 1. The predicted octanol–water partition coefficient (Wildman–Crippen LogP) is 2.39. The molecule has 28 heavy (non-hydrogen) atoms. The molecule has 2 heterocycles. The Morgan fingerprint density at radius 3 is 2.36 bits per heavy atom. The van der Waals surface area contributed by atoms with E-state index in [1.54, 1.807) is 0 Å². The van der Waals surface area contributed by atoms with Crippen LogP contribution in [0, 0.1) is 0 Å². The molecule has 0 amide bonds. The van der Waals surface area contributed by atoms with Gasteiger partial charge in [-0.05, 0) is 74.6 Å². The minimum atomic E-state index is -3.47. The Morgan fingerprint density at radius 1 is 1.11 bits per heavy atom. The number of anilines is 2. The van der Waals surface area contributed by atoms with Crippen LogP contribution in [0.4, 0.5) is 11.6 Å². The number of nitrogens with one attached hydrogen (secondary N) is 2. The molecular formula is C20H27N5O2S. The summed E-state index contributed by atoms with van der Waals surface area (Å²) in [6.45, 7) is 5.28. The zero-order valence-corrected chi connectivity index (χ0v) is 17.3. The smallest absolute Gasteiger partial charge is 0.247 e. The molecule has 7 nitrogen and oxygen atoms in total. The second-order valence-corrected chi connectivity index (χ2v) is 10.7. The highest BCUT2D eigenvalue weighted by Crippen LogP contribution is 2.39. The third-order valence-electron chi connectivity index (χ3n) is 6.49. The average Bonchev–Trinajstić information content (AvgIpc) is 3.32. The molecule has 1 fully saturated rings. The summed E-state index contributed by atoms with van der Waals surface area (Å²) in [5, 5.41) is 9.80. The summed E-state index contributed by atoms with van der Waals surface area (Å²) in [6, 6.07) is 2.74. The lowest BCUT2D eigenvalue weighted by molar-refractivity contribution is 0.142. The highest BCUT2D eigenvalue weighted by molar-refractivity contribution is 7.92. The quantitative estimate of drug-likeness (QED) is 0.799. The van der Waals surface area contributed by atoms with E-state index in [1.807, 2.05) is 0 Å². The molecule has 8 heteroatoms. The fraction of sp³-hybridized carbons (Fsp3) is 0.600. The maximum Gasteiger partial charge on any atom is 0.247 e. The van der Waals surface area contributed by atoms with Crippen LogP contribution in [0.15, 0.2) is 11.2 Å². The number of hydrogen-bond acceptors (Lipinski definition) is 6. The molecule has 0 radical (unpaired) electrons. The van der Waals surface area contributed by atoms with Crippen LogP contribution in [0.25, 0.3) is 0 Å². The summed E-state index contributed by atoms with van der Waals surface area (Å²) >= 11 is 0. The van der Waals surface area contributed by atoms with Gasteiger partial charge in [0.2, 0.25) is 20.9 Å². The number of hydrogen-bond donors (Lipinski definition) is 2. The van der Waals surface area contributed by atoms with Crippen molar-refractivity contribution in [3.05, 3.63) is 28.3 Å². The van der Waals surface area contributed by atoms with Crippen molar-refractivity contribution in [2.24, 2.45) is 0 Å². The maximum absolute atomic E-state index is 12.8. The van der Waals surface area contributed by atoms with E-state index in [9.17, 15) is 8.42 Å². The molecule has 5 rings (SSSR count). The first-order valence-corrected chi connectivity index (χ1v) is 11.8. The van der Waals surface area contributed by atoms with E-state index < -0.39 is 15.1 Å². The van der Waals surface area contributed by atoms with E-state index in [2.05, 4.69) is 45.3 Å². The number of sulfone groups is 1. The minimum absolute atomic E-state index is 0.0207. The van der Waals surface area contributed by atoms with Gasteiger partial charge < -0.3 is 5.32 Å². The Bertz CT molecular complexity index is 989. The summed E-state index contributed by atoms with van der Waals surface area (Å²) in [4.78, 5) is 6.46. The molecule has 150 valence electrons. The minimum Gasteiger partial charge on any atom is -0.322 e. The van der Waals surface area contributed by atoms with Crippen molar-refractivity contribution in [1.29, 1.82) is 0 Å². The number of likely N-dealkylation sites (tertiary alicyclic amines) is 1. The summed E-state index contributed by atoms with van der Waals surface area (Å²) in [5.74, 6) is 0.355. The number of nitrogens with zero attached hydrogens (tertiary/aromatic N) is 3. The lowest BCUT2D eigenvalue weighted by Gasteiger charge is -2.40. The highest BCUT2D eigenvalue weighted by atomic mass is 32.2. The molecule has 3 aliphatic rings. The second-order valence-electron chi connectivity index (χ2n) is 8.54. The summed E-state index contributed by atoms with van der Waals surface area (Å²) in [5.41, 5.74) is 6.70. The zero-order valence-electron chi connectivity index (χ0n) is 16.5. The van der Waals surface area contributed by atoms with Crippen LogP contribution in [0.5, 0.6) is 0 Å². The zero-order chi connectivity index (χ0) is 19.5. The Morgan fingerprint density at radius 2 is 1.75 bits per heavy atom. The van der Waals surface area contributed by atoms with Crippen LogP contribution < -0.4 is 5.32 Å². The summed E-state index contributed by atoms with van der Waals surface area (Å²) < 4.78 is 25.7. The van der Waals surface area contributed by atoms with Gasteiger partial charge in [-0.15, -0.1) is 5.10 Å². The van der Waals surface area contributed by atoms with Gasteiger partial charge in [0.1, 0.15) is 0 Å². The van der Waals surface area contributed by atoms with Crippen molar-refractivity contribution in [3.63, 3.8) is 0 Å². The number of fused-ring (bicyclic) bond motifs is 2. The summed E-state index contributed by atoms with van der Waals surface area (Å²) in [6.07, 6.45) is 6.72. The normalized spacial score (nSPS) is 19.7. The van der Waals surface area contributed by atoms with Gasteiger partial charge in [0.25, 0.3) is 0 Å². The van der Waals surface area contributed by atoms with E-state index in [4.69, 9.17) is 0 Å². The molecule has 0 saturated carbocycles. The van der Waals surface area contributed by atoms with Gasteiger partial charge in [0.15, 0.2) is 0 Å². The topological polar surface area (TPSA) is 91.0 Å². The molecule has 0 unspecified atom stereocenters. The van der Waals surface area contributed by atoms with E-state index >= 15 is 0 Å². The van der Waals surface area contributed by atoms with Crippen LogP contribution in [0.1, 0.15) is 48.9 Å². The number of aromatic amines is 1. The number of aryl methyl sites for hydroxylation is 2. The van der Waals surface area contributed by atoms with Crippen molar-refractivity contribution in [2.75, 3.05) is 18.4 Å². The first kappa shape index (κ1) is 18.1. The van der Waals surface area contributed by atoms with Gasteiger partial charge in [-0.3, -0.25) is 4.90 Å². The third kappa shape index (κ3) is 2.85. The molecule has 0 bridgehead atoms. The second kappa shape index (κ2) is 6.56. The lowest BCUT2D eigenvalue weighted by atomic mass is 9.99. The molecule has 1 aliphatic heterocycles. The highest BCUT2D eigenvalue weighted by Gasteiger charge is 2.41. The van der Waals surface area contributed by atoms with E-state index in [0.717, 1.165) is 31.4 Å². The Hall–Kier alpha value is -1.93. The van der Waals surface area contributed by atoms with Crippen LogP contribution in [0.3, 0.4) is 0 Å². The first-order chi connectivity index (χ1) is 13.4. The Kier molecular flexibility index (Phi) is 4.24. The SMILES string of the molecule is CC(C)N1CC(S(=O)(=O)c2nc(Nc3c4c(cc5c3CCC5)CCC4)n[nH]2)C1. The molecule has 0 atom stereocenters. The number of aromatic nitrogens is 3. The van der Waals surface area contributed by atoms with Gasteiger partial charge in [-0.25, -0.2) is 13.5 Å². The molecular weight excluding hydrogens is 374 g/mol. The monoisotopic (exact) mass is 401 g/mol. The van der Waals surface area contributed by atoms with Crippen molar-refractivity contribution in [1.82, 2.24) is 20.1 Å². The van der Waals surface area contributed by atoms with Crippen LogP contribution >= 0.6 is 0 Å². The van der Waals surface area contributed by atoms with E-state index in [-0.39, 0.29) is 5.16 Å². The fourth-order valence-corrected chi connectivity index (χ4v) is 6.23. The molecule has 2 aromatic rings. The van der Waals surface area contributed by atoms with Crippen LogP contribution in [-0.2, 0) is 35.5 Å². The van der Waals surface area contributed by atoms with E-state index in [1.165, 1.54) is 35.1 Å². The summed E-state index contributed by atoms with van der Waals surface area (Å²) in [7, 11) is -3.47. The van der Waals surface area contributed by atoms with Gasteiger partial charge in [0.05, 0.1) is 5.25 Å². The fourth-order valence-electron chi connectivity index (χ4n) is 4.75. The molecule has 2 aliphatic carbocycles. The Labute approximate surface area is 165 Å². The molecule has 0 spiro atoms. The number of rotatable bonds is 5. The van der Waals surface area contributed by atoms with Crippen molar-refractivity contribution in [2.45, 2.75) is 68.8 Å². The average molecular weight is 402 g/mol.